The van der Waals surface area contributed by atoms with Gasteiger partial charge in [-0.2, -0.15) is 26.9 Å². The molecule has 0 saturated carbocycles. The van der Waals surface area contributed by atoms with Crippen molar-refractivity contribution in [3.63, 3.8) is 0 Å². The Labute approximate surface area is 56.7 Å². The second-order valence-electron chi connectivity index (χ2n) is 1.37. The zero-order chi connectivity index (χ0) is 7.78. The molecule has 0 unspecified atom stereocenters. The van der Waals surface area contributed by atoms with Gasteiger partial charge in [0.15, 0.2) is 0 Å². The molecule has 0 bridgehead atoms. The van der Waals surface area contributed by atoms with Crippen molar-refractivity contribution in [2.45, 2.75) is 6.18 Å². The molecular weight excluding hydrogens is 172 g/mol. The van der Waals surface area contributed by atoms with Crippen LogP contribution in [0.5, 0.6) is 0 Å². The summed E-state index contributed by atoms with van der Waals surface area (Å²) in [7, 11) is 0. The molecule has 0 aliphatic carbocycles. The van der Waals surface area contributed by atoms with Crippen molar-refractivity contribution in [3.8, 4) is 0 Å². The van der Waals surface area contributed by atoms with Gasteiger partial charge >= 0.3 is 6.18 Å². The number of halogens is 4. The molecule has 56 valence electrons. The molecule has 1 aromatic heterocycles. The van der Waals surface area contributed by atoms with Crippen molar-refractivity contribution in [1.82, 2.24) is 9.36 Å². The van der Waals surface area contributed by atoms with Crippen molar-refractivity contribution in [2.24, 2.45) is 0 Å². The first-order valence-electron chi connectivity index (χ1n) is 2.06. The molecular formula is C3F4N2S. The minimum Gasteiger partial charge on any atom is -0.184 e. The average Bonchev–Trinajstić information content (AvgIpc) is 2.11. The van der Waals surface area contributed by atoms with Gasteiger partial charge in [0, 0.05) is 11.5 Å². The van der Waals surface area contributed by atoms with Gasteiger partial charge in [0.25, 0.3) is 5.26 Å². The van der Waals surface area contributed by atoms with E-state index >= 15 is 0 Å². The molecule has 0 aliphatic rings. The molecule has 1 aromatic rings. The highest BCUT2D eigenvalue weighted by molar-refractivity contribution is 7.03. The lowest BCUT2D eigenvalue weighted by molar-refractivity contribution is -0.144. The highest BCUT2D eigenvalue weighted by atomic mass is 32.1. The fourth-order valence-corrected chi connectivity index (χ4v) is 0.754. The number of alkyl halides is 3. The van der Waals surface area contributed by atoms with Gasteiger partial charge in [-0.1, -0.05) is 0 Å². The fourth-order valence-electron chi connectivity index (χ4n) is 0.320. The summed E-state index contributed by atoms with van der Waals surface area (Å²) < 4.78 is 49.1. The van der Waals surface area contributed by atoms with Crippen molar-refractivity contribution in [3.05, 3.63) is 11.1 Å². The van der Waals surface area contributed by atoms with E-state index in [0.717, 1.165) is 0 Å². The number of aromatic nitrogens is 2. The topological polar surface area (TPSA) is 25.8 Å². The van der Waals surface area contributed by atoms with Crippen LogP contribution in [-0.2, 0) is 6.18 Å². The van der Waals surface area contributed by atoms with E-state index in [9.17, 15) is 17.6 Å². The van der Waals surface area contributed by atoms with Gasteiger partial charge in [-0.3, -0.25) is 0 Å². The van der Waals surface area contributed by atoms with Crippen LogP contribution in [0.1, 0.15) is 5.82 Å². The molecule has 0 amide bonds. The van der Waals surface area contributed by atoms with Gasteiger partial charge in [0.05, 0.1) is 0 Å². The summed E-state index contributed by atoms with van der Waals surface area (Å²) in [6.07, 6.45) is -4.64. The van der Waals surface area contributed by atoms with Crippen LogP contribution in [0, 0.1) is 5.26 Å². The lowest BCUT2D eigenvalue weighted by atomic mass is 10.6. The van der Waals surface area contributed by atoms with Crippen LogP contribution < -0.4 is 0 Å². The minimum atomic E-state index is -4.64. The molecule has 1 rings (SSSR count). The van der Waals surface area contributed by atoms with Crippen LogP contribution in [0.2, 0.25) is 0 Å². The first-order chi connectivity index (χ1) is 4.50. The van der Waals surface area contributed by atoms with E-state index in [4.69, 9.17) is 0 Å². The highest BCUT2D eigenvalue weighted by Gasteiger charge is 2.36. The minimum absolute atomic E-state index is 0.0835. The van der Waals surface area contributed by atoms with Crippen LogP contribution in [0.3, 0.4) is 0 Å². The summed E-state index contributed by atoms with van der Waals surface area (Å²) in [5.74, 6) is -1.42. The molecule has 7 heteroatoms. The zero-order valence-electron chi connectivity index (χ0n) is 4.31. The van der Waals surface area contributed by atoms with E-state index in [1.807, 2.05) is 0 Å². The number of rotatable bonds is 0. The maximum atomic E-state index is 11.8. The zero-order valence-corrected chi connectivity index (χ0v) is 5.13. The first kappa shape index (κ1) is 7.39. The third-order valence-corrected chi connectivity index (χ3v) is 1.16. The van der Waals surface area contributed by atoms with Crippen molar-refractivity contribution >= 4 is 11.5 Å². The molecule has 1 heterocycles. The van der Waals surface area contributed by atoms with E-state index in [0.29, 0.717) is 0 Å². The highest BCUT2D eigenvalue weighted by Crippen LogP contribution is 2.26. The van der Waals surface area contributed by atoms with Gasteiger partial charge in [-0.25, -0.2) is 0 Å². The summed E-state index contributed by atoms with van der Waals surface area (Å²) in [6, 6.07) is 0. The molecule has 0 saturated heterocycles. The summed E-state index contributed by atoms with van der Waals surface area (Å²) in [5, 5.41) is -1.17. The normalized spacial score (nSPS) is 12.0. The smallest absolute Gasteiger partial charge is 0.184 e. The molecule has 0 aromatic carbocycles. The Morgan fingerprint density at radius 2 is 1.90 bits per heavy atom. The SMILES string of the molecule is Fc1nc(C(F)(F)F)ns1. The lowest BCUT2D eigenvalue weighted by Crippen LogP contribution is -2.06. The fraction of sp³-hybridized carbons (Fsp3) is 0.333. The predicted octanol–water partition coefficient (Wildman–Crippen LogP) is 1.70. The van der Waals surface area contributed by atoms with Gasteiger partial charge in [-0.15, -0.1) is 0 Å². The third kappa shape index (κ3) is 1.41. The second-order valence-corrected chi connectivity index (χ2v) is 2.07. The molecule has 2 nitrogen and oxygen atoms in total. The summed E-state index contributed by atoms with van der Waals surface area (Å²) in [4.78, 5) is 2.50. The quantitative estimate of drug-likeness (QED) is 0.556. The Hall–Kier alpha value is -0.720. The van der Waals surface area contributed by atoms with Gasteiger partial charge < -0.3 is 0 Å². The van der Waals surface area contributed by atoms with Crippen LogP contribution in [0.25, 0.3) is 0 Å². The maximum Gasteiger partial charge on any atom is 0.452 e. The van der Waals surface area contributed by atoms with Crippen LogP contribution in [0.15, 0.2) is 0 Å². The number of nitrogens with zero attached hydrogens (tertiary/aromatic N) is 2. The maximum absolute atomic E-state index is 11.8. The van der Waals surface area contributed by atoms with E-state index in [1.54, 1.807) is 0 Å². The largest absolute Gasteiger partial charge is 0.452 e. The second kappa shape index (κ2) is 2.15. The number of hydrogen-bond donors (Lipinski definition) is 0. The molecule has 0 N–H and O–H groups in total. The van der Waals surface area contributed by atoms with E-state index < -0.39 is 17.3 Å². The summed E-state index contributed by atoms with van der Waals surface area (Å²) >= 11 is 0.0835. The summed E-state index contributed by atoms with van der Waals surface area (Å²) in [6.45, 7) is 0. The Morgan fingerprint density at radius 3 is 2.10 bits per heavy atom. The Balaban J connectivity index is 2.96. The molecule has 0 radical (unpaired) electrons. The summed E-state index contributed by atoms with van der Waals surface area (Å²) in [5.41, 5.74) is 0. The van der Waals surface area contributed by atoms with E-state index in [2.05, 4.69) is 9.36 Å². The molecule has 10 heavy (non-hydrogen) atoms. The van der Waals surface area contributed by atoms with Gasteiger partial charge in [0.1, 0.15) is 0 Å². The van der Waals surface area contributed by atoms with Crippen LogP contribution in [-0.4, -0.2) is 9.36 Å². The monoisotopic (exact) mass is 172 g/mol. The van der Waals surface area contributed by atoms with Crippen molar-refractivity contribution < 1.29 is 17.6 Å². The molecule has 0 fully saturated rings. The van der Waals surface area contributed by atoms with E-state index in [1.165, 1.54) is 0 Å². The van der Waals surface area contributed by atoms with Crippen LogP contribution in [0.4, 0.5) is 17.6 Å². The third-order valence-electron chi connectivity index (χ3n) is 0.655. The van der Waals surface area contributed by atoms with Crippen molar-refractivity contribution in [2.75, 3.05) is 0 Å². The van der Waals surface area contributed by atoms with Gasteiger partial charge in [0.2, 0.25) is 5.82 Å². The molecule has 0 atom stereocenters. The van der Waals surface area contributed by atoms with Gasteiger partial charge in [-0.05, 0) is 0 Å². The molecule has 0 aliphatic heterocycles. The number of hydrogen-bond acceptors (Lipinski definition) is 3. The standard InChI is InChI=1S/C3F4N2S/c4-2-8-1(9-10-2)3(5,6)7. The lowest BCUT2D eigenvalue weighted by Gasteiger charge is -1.96. The van der Waals surface area contributed by atoms with Crippen molar-refractivity contribution in [1.29, 1.82) is 0 Å². The first-order valence-corrected chi connectivity index (χ1v) is 2.84. The molecule has 0 spiro atoms. The Kier molecular flexibility index (Phi) is 1.59. The Morgan fingerprint density at radius 1 is 1.30 bits per heavy atom. The Bertz CT molecular complexity index is 229. The predicted molar refractivity (Wildman–Crippen MR) is 24.9 cm³/mol. The van der Waals surface area contributed by atoms with E-state index in [-0.39, 0.29) is 11.5 Å². The van der Waals surface area contributed by atoms with Crippen LogP contribution >= 0.6 is 11.5 Å². The average molecular weight is 172 g/mol.